The molecule has 0 atom stereocenters. The molecular weight excluding hydrogens is 218 g/mol. The Kier molecular flexibility index (Phi) is 3.06. The summed E-state index contributed by atoms with van der Waals surface area (Å²) in [6, 6.07) is 9.19. The number of nitriles is 1. The van der Waals surface area contributed by atoms with Crippen LogP contribution in [0.3, 0.4) is 0 Å². The molecule has 5 heteroatoms. The maximum atomic E-state index is 11.7. The van der Waals surface area contributed by atoms with Crippen molar-refractivity contribution in [2.45, 2.75) is 6.42 Å². The quantitative estimate of drug-likeness (QED) is 0.788. The van der Waals surface area contributed by atoms with Gasteiger partial charge in [-0.3, -0.25) is 9.59 Å². The normalized spacial score (nSPS) is 15.4. The van der Waals surface area contributed by atoms with E-state index in [0.717, 1.165) is 5.56 Å². The highest BCUT2D eigenvalue weighted by molar-refractivity contribution is 6.04. The molecule has 1 aromatic carbocycles. The van der Waals surface area contributed by atoms with E-state index >= 15 is 0 Å². The summed E-state index contributed by atoms with van der Waals surface area (Å²) in [6.07, 6.45) is 0.224. The van der Waals surface area contributed by atoms with Crippen molar-refractivity contribution < 1.29 is 9.59 Å². The van der Waals surface area contributed by atoms with Gasteiger partial charge < -0.3 is 10.2 Å². The van der Waals surface area contributed by atoms with Crippen molar-refractivity contribution in [3.8, 4) is 6.07 Å². The van der Waals surface area contributed by atoms with Gasteiger partial charge in [0.05, 0.1) is 19.0 Å². The molecule has 0 aliphatic carbocycles. The number of rotatable bonds is 2. The Bertz CT molecular complexity index is 505. The van der Waals surface area contributed by atoms with Crippen molar-refractivity contribution in [3.63, 3.8) is 0 Å². The van der Waals surface area contributed by atoms with Crippen molar-refractivity contribution in [2.75, 3.05) is 18.0 Å². The average Bonchev–Trinajstić information content (AvgIpc) is 2.34. The minimum absolute atomic E-state index is 0.0136. The van der Waals surface area contributed by atoms with Crippen molar-refractivity contribution in [1.82, 2.24) is 5.32 Å². The number of piperazine rings is 1. The van der Waals surface area contributed by atoms with E-state index in [1.165, 1.54) is 4.90 Å². The molecule has 0 unspecified atom stereocenters. The summed E-state index contributed by atoms with van der Waals surface area (Å²) in [5, 5.41) is 11.2. The monoisotopic (exact) mass is 229 g/mol. The van der Waals surface area contributed by atoms with Crippen molar-refractivity contribution in [1.29, 1.82) is 5.26 Å². The summed E-state index contributed by atoms with van der Waals surface area (Å²) < 4.78 is 0. The van der Waals surface area contributed by atoms with Gasteiger partial charge >= 0.3 is 0 Å². The van der Waals surface area contributed by atoms with Gasteiger partial charge in [0, 0.05) is 5.69 Å². The van der Waals surface area contributed by atoms with Crippen molar-refractivity contribution in [2.24, 2.45) is 0 Å². The number of nitrogens with zero attached hydrogens (tertiary/aromatic N) is 2. The molecule has 1 aromatic rings. The second-order valence-electron chi connectivity index (χ2n) is 3.72. The van der Waals surface area contributed by atoms with Gasteiger partial charge in [0.2, 0.25) is 11.8 Å². The fourth-order valence-corrected chi connectivity index (χ4v) is 1.79. The fraction of sp³-hybridized carbons (Fsp3) is 0.250. The van der Waals surface area contributed by atoms with Crippen LogP contribution >= 0.6 is 0 Å². The van der Waals surface area contributed by atoms with Crippen molar-refractivity contribution >= 4 is 17.5 Å². The predicted molar refractivity (Wildman–Crippen MR) is 61.1 cm³/mol. The molecule has 0 saturated carbocycles. The van der Waals surface area contributed by atoms with E-state index in [9.17, 15) is 9.59 Å². The number of amides is 2. The maximum Gasteiger partial charge on any atom is 0.246 e. The van der Waals surface area contributed by atoms with E-state index in [4.69, 9.17) is 5.26 Å². The van der Waals surface area contributed by atoms with Crippen LogP contribution < -0.4 is 10.2 Å². The van der Waals surface area contributed by atoms with E-state index in [-0.39, 0.29) is 31.3 Å². The SMILES string of the molecule is N#CCc1ccccc1N1CC(=O)NCC1=O. The third-order valence-electron chi connectivity index (χ3n) is 2.59. The number of hydrogen-bond acceptors (Lipinski definition) is 3. The molecule has 1 saturated heterocycles. The number of carbonyl (C=O) groups is 2. The molecule has 0 aromatic heterocycles. The molecule has 0 radical (unpaired) electrons. The van der Waals surface area contributed by atoms with Crippen LogP contribution in [0.4, 0.5) is 5.69 Å². The Hall–Kier alpha value is -2.35. The van der Waals surface area contributed by atoms with Crippen LogP contribution in [0.1, 0.15) is 5.56 Å². The summed E-state index contributed by atoms with van der Waals surface area (Å²) in [4.78, 5) is 24.4. The second kappa shape index (κ2) is 4.66. The molecule has 1 fully saturated rings. The Balaban J connectivity index is 2.35. The highest BCUT2D eigenvalue weighted by Crippen LogP contribution is 2.21. The average molecular weight is 229 g/mol. The summed E-state index contributed by atoms with van der Waals surface area (Å²) in [5.41, 5.74) is 1.41. The molecule has 1 heterocycles. The number of anilines is 1. The van der Waals surface area contributed by atoms with Crippen LogP contribution in [0.5, 0.6) is 0 Å². The molecule has 0 spiro atoms. The predicted octanol–water partition coefficient (Wildman–Crippen LogP) is 0.215. The summed E-state index contributed by atoms with van der Waals surface area (Å²) in [6.45, 7) is 0.0288. The van der Waals surface area contributed by atoms with E-state index < -0.39 is 0 Å². The van der Waals surface area contributed by atoms with Crippen LogP contribution in [0.25, 0.3) is 0 Å². The fourth-order valence-electron chi connectivity index (χ4n) is 1.79. The van der Waals surface area contributed by atoms with Crippen LogP contribution in [0.2, 0.25) is 0 Å². The van der Waals surface area contributed by atoms with Crippen LogP contribution in [-0.2, 0) is 16.0 Å². The van der Waals surface area contributed by atoms with E-state index in [2.05, 4.69) is 11.4 Å². The van der Waals surface area contributed by atoms with Gasteiger partial charge in [-0.1, -0.05) is 18.2 Å². The molecule has 5 nitrogen and oxygen atoms in total. The molecule has 0 bridgehead atoms. The third kappa shape index (κ3) is 2.26. The van der Waals surface area contributed by atoms with Crippen molar-refractivity contribution in [3.05, 3.63) is 29.8 Å². The molecule has 1 N–H and O–H groups in total. The van der Waals surface area contributed by atoms with Gasteiger partial charge in [0.25, 0.3) is 0 Å². The Morgan fingerprint density at radius 2 is 2.12 bits per heavy atom. The number of benzene rings is 1. The van der Waals surface area contributed by atoms with E-state index in [1.54, 1.807) is 18.2 Å². The zero-order chi connectivity index (χ0) is 12.3. The largest absolute Gasteiger partial charge is 0.345 e. The first-order valence-electron chi connectivity index (χ1n) is 5.24. The van der Waals surface area contributed by atoms with Gasteiger partial charge in [-0.25, -0.2) is 0 Å². The first-order chi connectivity index (χ1) is 8.22. The Morgan fingerprint density at radius 3 is 2.88 bits per heavy atom. The van der Waals surface area contributed by atoms with Gasteiger partial charge in [-0.2, -0.15) is 5.26 Å². The minimum Gasteiger partial charge on any atom is -0.345 e. The van der Waals surface area contributed by atoms with Gasteiger partial charge in [-0.05, 0) is 11.6 Å². The molecular formula is C12H11N3O2. The van der Waals surface area contributed by atoms with Crippen LogP contribution in [-0.4, -0.2) is 24.9 Å². The third-order valence-corrected chi connectivity index (χ3v) is 2.59. The molecule has 17 heavy (non-hydrogen) atoms. The first kappa shape index (κ1) is 11.1. The lowest BCUT2D eigenvalue weighted by atomic mass is 10.1. The molecule has 1 aliphatic rings. The molecule has 2 amide bonds. The van der Waals surface area contributed by atoms with Crippen LogP contribution in [0, 0.1) is 11.3 Å². The standard InChI is InChI=1S/C12H11N3O2/c13-6-5-9-3-1-2-4-10(9)15-8-11(16)14-7-12(15)17/h1-4H,5,7-8H2,(H,14,16). The number of para-hydroxylation sites is 1. The Labute approximate surface area is 98.6 Å². The van der Waals surface area contributed by atoms with E-state index in [1.807, 2.05) is 6.07 Å². The highest BCUT2D eigenvalue weighted by atomic mass is 16.2. The molecule has 2 rings (SSSR count). The maximum absolute atomic E-state index is 11.7. The minimum atomic E-state index is -0.184. The number of hydrogen-bond donors (Lipinski definition) is 1. The summed E-state index contributed by atoms with van der Waals surface area (Å²) >= 11 is 0. The lowest BCUT2D eigenvalue weighted by molar-refractivity contribution is -0.128. The smallest absolute Gasteiger partial charge is 0.246 e. The lowest BCUT2D eigenvalue weighted by Gasteiger charge is -2.28. The molecule has 1 aliphatic heterocycles. The first-order valence-corrected chi connectivity index (χ1v) is 5.24. The summed E-state index contributed by atoms with van der Waals surface area (Å²) in [7, 11) is 0. The second-order valence-corrected chi connectivity index (χ2v) is 3.72. The topological polar surface area (TPSA) is 73.2 Å². The van der Waals surface area contributed by atoms with Gasteiger partial charge in [0.15, 0.2) is 0 Å². The number of carbonyl (C=O) groups excluding carboxylic acids is 2. The van der Waals surface area contributed by atoms with E-state index in [0.29, 0.717) is 5.69 Å². The van der Waals surface area contributed by atoms with Gasteiger partial charge in [0.1, 0.15) is 6.54 Å². The highest BCUT2D eigenvalue weighted by Gasteiger charge is 2.25. The van der Waals surface area contributed by atoms with Gasteiger partial charge in [-0.15, -0.1) is 0 Å². The Morgan fingerprint density at radius 1 is 1.35 bits per heavy atom. The zero-order valence-corrected chi connectivity index (χ0v) is 9.14. The molecule has 86 valence electrons. The lowest BCUT2D eigenvalue weighted by Crippen LogP contribution is -2.52. The number of nitrogens with one attached hydrogen (secondary N) is 1. The van der Waals surface area contributed by atoms with Crippen LogP contribution in [0.15, 0.2) is 24.3 Å². The zero-order valence-electron chi connectivity index (χ0n) is 9.14. The summed E-state index contributed by atoms with van der Waals surface area (Å²) in [5.74, 6) is -0.341.